The average molecular weight is 307 g/mol. The molecule has 3 aromatic rings. The van der Waals surface area contributed by atoms with Crippen molar-refractivity contribution in [1.82, 2.24) is 9.88 Å². The molecular weight excluding hydrogens is 286 g/mol. The fourth-order valence-electron chi connectivity index (χ4n) is 2.79. The summed E-state index contributed by atoms with van der Waals surface area (Å²) in [5.41, 5.74) is 3.04. The average Bonchev–Trinajstić information content (AvgIpc) is 2.93. The van der Waals surface area contributed by atoms with Crippen molar-refractivity contribution in [2.45, 2.75) is 26.4 Å². The Morgan fingerprint density at radius 2 is 1.78 bits per heavy atom. The topological polar surface area (TPSA) is 46.1 Å². The fourth-order valence-corrected chi connectivity index (χ4v) is 2.79. The third kappa shape index (κ3) is 3.21. The third-order valence-electron chi connectivity index (χ3n) is 4.02. The number of urea groups is 1. The van der Waals surface area contributed by atoms with Gasteiger partial charge in [-0.2, -0.15) is 0 Å². The van der Waals surface area contributed by atoms with Crippen LogP contribution in [0.3, 0.4) is 0 Å². The second-order valence-corrected chi connectivity index (χ2v) is 5.58. The third-order valence-corrected chi connectivity index (χ3v) is 4.02. The normalized spacial score (nSPS) is 12.1. The molecule has 118 valence electrons. The van der Waals surface area contributed by atoms with Gasteiger partial charge in [0.1, 0.15) is 0 Å². The van der Waals surface area contributed by atoms with Gasteiger partial charge in [-0.15, -0.1) is 0 Å². The molecule has 0 spiro atoms. The number of aryl methyl sites for hydroxylation is 1. The van der Waals surface area contributed by atoms with Crippen molar-refractivity contribution in [3.63, 3.8) is 0 Å². The van der Waals surface area contributed by atoms with Crippen LogP contribution < -0.4 is 10.6 Å². The van der Waals surface area contributed by atoms with E-state index in [2.05, 4.69) is 28.2 Å². The molecule has 0 radical (unpaired) electrons. The van der Waals surface area contributed by atoms with E-state index in [4.69, 9.17) is 0 Å². The Hall–Kier alpha value is -2.75. The number of para-hydroxylation sites is 1. The number of aromatic nitrogens is 1. The zero-order chi connectivity index (χ0) is 16.2. The van der Waals surface area contributed by atoms with Gasteiger partial charge in [-0.3, -0.25) is 0 Å². The van der Waals surface area contributed by atoms with E-state index in [1.54, 1.807) is 0 Å². The Morgan fingerprint density at radius 3 is 2.52 bits per heavy atom. The van der Waals surface area contributed by atoms with Crippen LogP contribution in [0.1, 0.15) is 25.5 Å². The van der Waals surface area contributed by atoms with Crippen molar-refractivity contribution >= 4 is 22.6 Å². The lowest BCUT2D eigenvalue weighted by molar-refractivity contribution is 0.249. The van der Waals surface area contributed by atoms with Crippen LogP contribution in [-0.4, -0.2) is 10.6 Å². The van der Waals surface area contributed by atoms with Crippen LogP contribution in [0.4, 0.5) is 10.5 Å². The number of anilines is 1. The van der Waals surface area contributed by atoms with Gasteiger partial charge >= 0.3 is 6.03 Å². The van der Waals surface area contributed by atoms with Crippen molar-refractivity contribution in [2.24, 2.45) is 0 Å². The standard InChI is InChI=1S/C19H21N3O/c1-3-22-13-17(16-11-7-8-12-18(16)22)21-19(23)20-14(2)15-9-5-4-6-10-15/h4-14H,3H2,1-2H3,(H2,20,21,23)/t14-/m1/s1. The lowest BCUT2D eigenvalue weighted by Crippen LogP contribution is -2.31. The van der Waals surface area contributed by atoms with Gasteiger partial charge in [0, 0.05) is 18.1 Å². The number of benzene rings is 2. The molecule has 0 saturated heterocycles. The van der Waals surface area contributed by atoms with E-state index < -0.39 is 0 Å². The number of hydrogen-bond acceptors (Lipinski definition) is 1. The molecule has 3 rings (SSSR count). The summed E-state index contributed by atoms with van der Waals surface area (Å²) in [5, 5.41) is 7.00. The SMILES string of the molecule is CCn1cc(NC(=O)N[C@H](C)c2ccccc2)c2ccccc21. The minimum Gasteiger partial charge on any atom is -0.346 e. The fraction of sp³-hybridized carbons (Fsp3) is 0.211. The lowest BCUT2D eigenvalue weighted by Gasteiger charge is -2.14. The Labute approximate surface area is 136 Å². The summed E-state index contributed by atoms with van der Waals surface area (Å²) >= 11 is 0. The van der Waals surface area contributed by atoms with E-state index in [0.717, 1.165) is 28.7 Å². The van der Waals surface area contributed by atoms with Gasteiger partial charge in [-0.1, -0.05) is 48.5 Å². The minimum absolute atomic E-state index is 0.0456. The molecule has 2 amide bonds. The monoisotopic (exact) mass is 307 g/mol. The first-order valence-electron chi connectivity index (χ1n) is 7.89. The van der Waals surface area contributed by atoms with Gasteiger partial charge in [-0.05, 0) is 25.5 Å². The van der Waals surface area contributed by atoms with E-state index in [9.17, 15) is 4.79 Å². The Kier molecular flexibility index (Phi) is 4.33. The summed E-state index contributed by atoms with van der Waals surface area (Å²) < 4.78 is 2.13. The molecule has 0 aliphatic rings. The molecule has 0 unspecified atom stereocenters. The van der Waals surface area contributed by atoms with Gasteiger partial charge in [0.2, 0.25) is 0 Å². The molecular formula is C19H21N3O. The number of hydrogen-bond donors (Lipinski definition) is 2. The molecule has 0 aliphatic carbocycles. The molecule has 2 N–H and O–H groups in total. The smallest absolute Gasteiger partial charge is 0.319 e. The number of fused-ring (bicyclic) bond motifs is 1. The molecule has 1 heterocycles. The van der Waals surface area contributed by atoms with E-state index in [0.29, 0.717) is 0 Å². The van der Waals surface area contributed by atoms with Gasteiger partial charge in [0.05, 0.1) is 17.2 Å². The van der Waals surface area contributed by atoms with E-state index in [1.165, 1.54) is 0 Å². The van der Waals surface area contributed by atoms with Gasteiger partial charge in [0.15, 0.2) is 0 Å². The van der Waals surface area contributed by atoms with E-state index >= 15 is 0 Å². The van der Waals surface area contributed by atoms with Crippen LogP contribution in [0.15, 0.2) is 60.8 Å². The largest absolute Gasteiger partial charge is 0.346 e. The summed E-state index contributed by atoms with van der Waals surface area (Å²) in [6.45, 7) is 4.93. The quantitative estimate of drug-likeness (QED) is 0.730. The predicted molar refractivity (Wildman–Crippen MR) is 94.6 cm³/mol. The highest BCUT2D eigenvalue weighted by Gasteiger charge is 2.12. The Morgan fingerprint density at radius 1 is 1.09 bits per heavy atom. The number of nitrogens with zero attached hydrogens (tertiary/aromatic N) is 1. The molecule has 1 aromatic heterocycles. The highest BCUT2D eigenvalue weighted by Crippen LogP contribution is 2.25. The molecule has 4 nitrogen and oxygen atoms in total. The molecule has 2 aromatic carbocycles. The Bertz CT molecular complexity index is 808. The van der Waals surface area contributed by atoms with Crippen LogP contribution in [0.5, 0.6) is 0 Å². The van der Waals surface area contributed by atoms with Gasteiger partial charge in [0.25, 0.3) is 0 Å². The zero-order valence-electron chi connectivity index (χ0n) is 13.4. The molecule has 1 atom stereocenters. The Balaban J connectivity index is 1.76. The maximum Gasteiger partial charge on any atom is 0.319 e. The number of rotatable bonds is 4. The van der Waals surface area contributed by atoms with Crippen molar-refractivity contribution in [2.75, 3.05) is 5.32 Å². The minimum atomic E-state index is -0.194. The number of nitrogens with one attached hydrogen (secondary N) is 2. The summed E-state index contributed by atoms with van der Waals surface area (Å²) in [6, 6.07) is 17.8. The van der Waals surface area contributed by atoms with Crippen molar-refractivity contribution in [3.8, 4) is 0 Å². The first kappa shape index (κ1) is 15.2. The zero-order valence-corrected chi connectivity index (χ0v) is 13.4. The van der Waals surface area contributed by atoms with Crippen molar-refractivity contribution in [3.05, 3.63) is 66.4 Å². The van der Waals surface area contributed by atoms with Crippen LogP contribution >= 0.6 is 0 Å². The van der Waals surface area contributed by atoms with Gasteiger partial charge < -0.3 is 15.2 Å². The summed E-state index contributed by atoms with van der Waals surface area (Å²) in [6.07, 6.45) is 1.98. The van der Waals surface area contributed by atoms with Crippen LogP contribution in [0.25, 0.3) is 10.9 Å². The number of carbonyl (C=O) groups excluding carboxylic acids is 1. The number of amides is 2. The molecule has 0 aliphatic heterocycles. The molecule has 0 bridgehead atoms. The summed E-state index contributed by atoms with van der Waals surface area (Å²) in [4.78, 5) is 12.3. The highest BCUT2D eigenvalue weighted by molar-refractivity contribution is 6.01. The lowest BCUT2D eigenvalue weighted by atomic mass is 10.1. The second-order valence-electron chi connectivity index (χ2n) is 5.58. The molecule has 23 heavy (non-hydrogen) atoms. The van der Waals surface area contributed by atoms with E-state index in [1.807, 2.05) is 61.7 Å². The van der Waals surface area contributed by atoms with E-state index in [-0.39, 0.29) is 12.1 Å². The highest BCUT2D eigenvalue weighted by atomic mass is 16.2. The van der Waals surface area contributed by atoms with Crippen LogP contribution in [0.2, 0.25) is 0 Å². The summed E-state index contributed by atoms with van der Waals surface area (Å²) in [7, 11) is 0. The number of carbonyl (C=O) groups is 1. The first-order valence-corrected chi connectivity index (χ1v) is 7.89. The molecule has 0 saturated carbocycles. The van der Waals surface area contributed by atoms with Crippen LogP contribution in [-0.2, 0) is 6.54 Å². The maximum atomic E-state index is 12.3. The van der Waals surface area contributed by atoms with Gasteiger partial charge in [-0.25, -0.2) is 4.79 Å². The first-order chi connectivity index (χ1) is 11.2. The summed E-state index contributed by atoms with van der Waals surface area (Å²) in [5.74, 6) is 0. The second kappa shape index (κ2) is 6.57. The van der Waals surface area contributed by atoms with Crippen molar-refractivity contribution < 1.29 is 4.79 Å². The molecule has 0 fully saturated rings. The van der Waals surface area contributed by atoms with Crippen LogP contribution in [0, 0.1) is 0 Å². The van der Waals surface area contributed by atoms with Crippen molar-refractivity contribution in [1.29, 1.82) is 0 Å². The molecule has 4 heteroatoms. The predicted octanol–water partition coefficient (Wildman–Crippen LogP) is 4.54. The maximum absolute atomic E-state index is 12.3.